The van der Waals surface area contributed by atoms with Crippen molar-refractivity contribution < 1.29 is 14.2 Å². The van der Waals surface area contributed by atoms with Crippen molar-refractivity contribution in [2.24, 2.45) is 0 Å². The Morgan fingerprint density at radius 1 is 1.42 bits per heavy atom. The number of ether oxygens (including phenoxy) is 3. The first-order valence-electron chi connectivity index (χ1n) is 4.22. The molecular formula is C9H14O3. The highest BCUT2D eigenvalue weighted by Crippen LogP contribution is 2.35. The first-order valence-corrected chi connectivity index (χ1v) is 4.22. The maximum Gasteiger partial charge on any atom is 0.164 e. The molecule has 0 unspecified atom stereocenters. The average Bonchev–Trinajstić information content (AvgIpc) is 2.42. The first-order chi connectivity index (χ1) is 5.62. The second-order valence-corrected chi connectivity index (χ2v) is 3.67. The molecule has 0 radical (unpaired) electrons. The molecule has 0 bridgehead atoms. The molecule has 2 saturated heterocycles. The Morgan fingerprint density at radius 2 is 2.17 bits per heavy atom. The van der Waals surface area contributed by atoms with Crippen molar-refractivity contribution in [2.45, 2.75) is 37.9 Å². The Hall–Kier alpha value is -0.380. The summed E-state index contributed by atoms with van der Waals surface area (Å²) in [6, 6.07) is 0. The third-order valence-electron chi connectivity index (χ3n) is 2.23. The van der Waals surface area contributed by atoms with Gasteiger partial charge in [-0.2, -0.15) is 0 Å². The SMILES string of the molecule is C=C[C@H]1OC[C@H]2OC(C)(C)O[C@@H]12. The van der Waals surface area contributed by atoms with Crippen molar-refractivity contribution in [3.63, 3.8) is 0 Å². The zero-order chi connectivity index (χ0) is 8.77. The van der Waals surface area contributed by atoms with Crippen LogP contribution in [-0.2, 0) is 14.2 Å². The third-order valence-corrected chi connectivity index (χ3v) is 2.23. The largest absolute Gasteiger partial charge is 0.369 e. The van der Waals surface area contributed by atoms with E-state index in [9.17, 15) is 0 Å². The summed E-state index contributed by atoms with van der Waals surface area (Å²) in [6.07, 6.45) is 1.90. The molecule has 3 nitrogen and oxygen atoms in total. The zero-order valence-corrected chi connectivity index (χ0v) is 7.45. The number of hydrogen-bond donors (Lipinski definition) is 0. The molecule has 68 valence electrons. The van der Waals surface area contributed by atoms with Gasteiger partial charge in [0.25, 0.3) is 0 Å². The minimum absolute atomic E-state index is 0.00299. The van der Waals surface area contributed by atoms with E-state index in [-0.39, 0.29) is 18.3 Å². The predicted octanol–water partition coefficient (Wildman–Crippen LogP) is 1.09. The highest BCUT2D eigenvalue weighted by atomic mass is 16.8. The van der Waals surface area contributed by atoms with Crippen molar-refractivity contribution in [3.8, 4) is 0 Å². The molecular weight excluding hydrogens is 156 g/mol. The summed E-state index contributed by atoms with van der Waals surface area (Å²) >= 11 is 0. The minimum Gasteiger partial charge on any atom is -0.369 e. The summed E-state index contributed by atoms with van der Waals surface area (Å²) in [6.45, 7) is 8.15. The molecule has 2 fully saturated rings. The fraction of sp³-hybridized carbons (Fsp3) is 0.778. The van der Waals surface area contributed by atoms with Gasteiger partial charge in [-0.25, -0.2) is 0 Å². The number of fused-ring (bicyclic) bond motifs is 1. The van der Waals surface area contributed by atoms with Crippen molar-refractivity contribution in [3.05, 3.63) is 12.7 Å². The number of rotatable bonds is 1. The van der Waals surface area contributed by atoms with Gasteiger partial charge in [0.15, 0.2) is 5.79 Å². The monoisotopic (exact) mass is 170 g/mol. The standard InChI is InChI=1S/C9H14O3/c1-4-6-8-7(5-10-6)11-9(2,3)12-8/h4,6-8H,1,5H2,2-3H3/t6-,7-,8+/m1/s1. The second kappa shape index (κ2) is 2.55. The highest BCUT2D eigenvalue weighted by Gasteiger charge is 2.48. The smallest absolute Gasteiger partial charge is 0.164 e. The normalized spacial score (nSPS) is 44.3. The molecule has 3 heteroatoms. The first kappa shape index (κ1) is 8.23. The maximum absolute atomic E-state index is 5.66. The van der Waals surface area contributed by atoms with Gasteiger partial charge in [0.05, 0.1) is 6.61 Å². The van der Waals surface area contributed by atoms with Crippen LogP contribution in [0.2, 0.25) is 0 Å². The molecule has 0 aromatic heterocycles. The maximum atomic E-state index is 5.66. The molecule has 0 aliphatic carbocycles. The van der Waals surface area contributed by atoms with Gasteiger partial charge in [0.1, 0.15) is 18.3 Å². The topological polar surface area (TPSA) is 27.7 Å². The second-order valence-electron chi connectivity index (χ2n) is 3.67. The van der Waals surface area contributed by atoms with Crippen molar-refractivity contribution in [2.75, 3.05) is 6.61 Å². The molecule has 3 atom stereocenters. The van der Waals surface area contributed by atoms with E-state index in [1.807, 2.05) is 13.8 Å². The van der Waals surface area contributed by atoms with Gasteiger partial charge in [-0.1, -0.05) is 6.08 Å². The van der Waals surface area contributed by atoms with Gasteiger partial charge < -0.3 is 14.2 Å². The van der Waals surface area contributed by atoms with Crippen LogP contribution in [0.3, 0.4) is 0 Å². The van der Waals surface area contributed by atoms with Crippen LogP contribution >= 0.6 is 0 Å². The van der Waals surface area contributed by atoms with E-state index in [4.69, 9.17) is 14.2 Å². The van der Waals surface area contributed by atoms with Gasteiger partial charge in [0.2, 0.25) is 0 Å². The van der Waals surface area contributed by atoms with E-state index in [1.165, 1.54) is 0 Å². The Bertz CT molecular complexity index is 200. The zero-order valence-electron chi connectivity index (χ0n) is 7.45. The summed E-state index contributed by atoms with van der Waals surface area (Å²) in [5.41, 5.74) is 0. The predicted molar refractivity (Wildman–Crippen MR) is 43.8 cm³/mol. The van der Waals surface area contributed by atoms with Gasteiger partial charge >= 0.3 is 0 Å². The molecule has 0 amide bonds. The molecule has 2 rings (SSSR count). The Labute approximate surface area is 72.3 Å². The lowest BCUT2D eigenvalue weighted by molar-refractivity contribution is -0.170. The van der Waals surface area contributed by atoms with E-state index in [0.29, 0.717) is 6.61 Å². The third kappa shape index (κ3) is 1.18. The van der Waals surface area contributed by atoms with Gasteiger partial charge in [0, 0.05) is 0 Å². The van der Waals surface area contributed by atoms with E-state index in [0.717, 1.165) is 0 Å². The van der Waals surface area contributed by atoms with Crippen LogP contribution in [0.4, 0.5) is 0 Å². The number of hydrogen-bond acceptors (Lipinski definition) is 3. The lowest BCUT2D eigenvalue weighted by Gasteiger charge is -2.19. The Kier molecular flexibility index (Phi) is 1.75. The van der Waals surface area contributed by atoms with Gasteiger partial charge in [-0.15, -0.1) is 6.58 Å². The van der Waals surface area contributed by atoms with Crippen molar-refractivity contribution in [1.29, 1.82) is 0 Å². The van der Waals surface area contributed by atoms with Crippen molar-refractivity contribution >= 4 is 0 Å². The summed E-state index contributed by atoms with van der Waals surface area (Å²) in [5, 5.41) is 0. The van der Waals surface area contributed by atoms with Crippen molar-refractivity contribution in [1.82, 2.24) is 0 Å². The molecule has 0 N–H and O–H groups in total. The molecule has 2 aliphatic rings. The fourth-order valence-corrected chi connectivity index (χ4v) is 1.77. The molecule has 0 aromatic carbocycles. The van der Waals surface area contributed by atoms with Crippen LogP contribution in [-0.4, -0.2) is 30.7 Å². The van der Waals surface area contributed by atoms with Crippen LogP contribution in [0.25, 0.3) is 0 Å². The van der Waals surface area contributed by atoms with E-state index in [1.54, 1.807) is 6.08 Å². The lowest BCUT2D eigenvalue weighted by atomic mass is 10.1. The van der Waals surface area contributed by atoms with E-state index >= 15 is 0 Å². The van der Waals surface area contributed by atoms with E-state index < -0.39 is 5.79 Å². The molecule has 0 spiro atoms. The quantitative estimate of drug-likeness (QED) is 0.551. The molecule has 0 aromatic rings. The minimum atomic E-state index is -0.458. The van der Waals surface area contributed by atoms with Crippen LogP contribution in [0.1, 0.15) is 13.8 Å². The highest BCUT2D eigenvalue weighted by molar-refractivity contribution is 4.99. The fourth-order valence-electron chi connectivity index (χ4n) is 1.77. The summed E-state index contributed by atoms with van der Waals surface area (Å²) in [4.78, 5) is 0. The Balaban J connectivity index is 2.11. The van der Waals surface area contributed by atoms with Crippen LogP contribution in [0, 0.1) is 0 Å². The molecule has 2 heterocycles. The summed E-state index contributed by atoms with van der Waals surface area (Å²) < 4.78 is 16.7. The van der Waals surface area contributed by atoms with Gasteiger partial charge in [-0.3, -0.25) is 0 Å². The summed E-state index contributed by atoms with van der Waals surface area (Å²) in [7, 11) is 0. The van der Waals surface area contributed by atoms with Crippen LogP contribution in [0.5, 0.6) is 0 Å². The molecule has 12 heavy (non-hydrogen) atoms. The molecule has 2 aliphatic heterocycles. The van der Waals surface area contributed by atoms with Crippen LogP contribution in [0.15, 0.2) is 12.7 Å². The Morgan fingerprint density at radius 3 is 2.83 bits per heavy atom. The van der Waals surface area contributed by atoms with Gasteiger partial charge in [-0.05, 0) is 13.8 Å². The molecule has 0 saturated carbocycles. The van der Waals surface area contributed by atoms with Crippen LogP contribution < -0.4 is 0 Å². The lowest BCUT2D eigenvalue weighted by Crippen LogP contribution is -2.27. The average molecular weight is 170 g/mol. The summed E-state index contributed by atoms with van der Waals surface area (Å²) in [5.74, 6) is -0.458. The van der Waals surface area contributed by atoms with E-state index in [2.05, 4.69) is 6.58 Å².